The van der Waals surface area contributed by atoms with Gasteiger partial charge in [-0.25, -0.2) is 0 Å². The summed E-state index contributed by atoms with van der Waals surface area (Å²) < 4.78 is 5.22. The van der Waals surface area contributed by atoms with Crippen LogP contribution in [0.2, 0.25) is 0 Å². The van der Waals surface area contributed by atoms with E-state index in [4.69, 9.17) is 10.5 Å². The lowest BCUT2D eigenvalue weighted by atomic mass is 9.67. The fraction of sp³-hybridized carbons (Fsp3) is 0.227. The Morgan fingerprint density at radius 1 is 1.21 bits per heavy atom. The predicted molar refractivity (Wildman–Crippen MR) is 108 cm³/mol. The van der Waals surface area contributed by atoms with Gasteiger partial charge in [0.2, 0.25) is 5.91 Å². The molecule has 28 heavy (non-hydrogen) atoms. The summed E-state index contributed by atoms with van der Waals surface area (Å²) in [4.78, 5) is 22.5. The van der Waals surface area contributed by atoms with Crippen molar-refractivity contribution in [2.75, 3.05) is 7.11 Å². The number of hydrogen-bond donors (Lipinski definition) is 1. The van der Waals surface area contributed by atoms with Crippen molar-refractivity contribution < 1.29 is 14.5 Å². The van der Waals surface area contributed by atoms with E-state index in [1.54, 1.807) is 19.2 Å². The van der Waals surface area contributed by atoms with Gasteiger partial charge in [0.1, 0.15) is 5.75 Å². The van der Waals surface area contributed by atoms with Gasteiger partial charge in [-0.3, -0.25) is 14.9 Å². The maximum absolute atomic E-state index is 11.6. The summed E-state index contributed by atoms with van der Waals surface area (Å²) in [6, 6.07) is 14.3. The van der Waals surface area contributed by atoms with Gasteiger partial charge in [0, 0.05) is 24.0 Å². The molecule has 2 N–H and O–H groups in total. The molecule has 0 aliphatic heterocycles. The quantitative estimate of drug-likeness (QED) is 0.603. The monoisotopic (exact) mass is 378 g/mol. The Morgan fingerprint density at radius 2 is 1.93 bits per heavy atom. The van der Waals surface area contributed by atoms with Crippen LogP contribution in [0.3, 0.4) is 0 Å². The second kappa shape index (κ2) is 7.68. The smallest absolute Gasteiger partial charge is 0.269 e. The van der Waals surface area contributed by atoms with Crippen molar-refractivity contribution in [1.29, 1.82) is 0 Å². The highest BCUT2D eigenvalue weighted by Crippen LogP contribution is 2.45. The van der Waals surface area contributed by atoms with Crippen LogP contribution < -0.4 is 10.5 Å². The van der Waals surface area contributed by atoms with Crippen LogP contribution in [0.5, 0.6) is 5.75 Å². The van der Waals surface area contributed by atoms with Crippen molar-refractivity contribution in [1.82, 2.24) is 0 Å². The van der Waals surface area contributed by atoms with Crippen LogP contribution in [-0.4, -0.2) is 17.9 Å². The number of non-ortho nitro benzene ring substituents is 1. The van der Waals surface area contributed by atoms with Crippen LogP contribution >= 0.6 is 0 Å². The third kappa shape index (κ3) is 3.81. The molecule has 1 unspecified atom stereocenters. The van der Waals surface area contributed by atoms with E-state index < -0.39 is 16.2 Å². The molecular formula is C22H22N2O4. The van der Waals surface area contributed by atoms with Gasteiger partial charge in [0.15, 0.2) is 0 Å². The number of allylic oxidation sites excluding steroid dienone is 3. The van der Waals surface area contributed by atoms with Crippen LogP contribution in [0.4, 0.5) is 5.69 Å². The van der Waals surface area contributed by atoms with Crippen molar-refractivity contribution in [3.8, 4) is 5.75 Å². The number of primary amides is 1. The maximum atomic E-state index is 11.6. The number of carbonyl (C=O) groups excluding carboxylic acids is 1. The molecule has 0 fully saturated rings. The molecule has 0 spiro atoms. The van der Waals surface area contributed by atoms with E-state index in [1.165, 1.54) is 6.07 Å². The number of nitrogens with zero attached hydrogens (tertiary/aromatic N) is 1. The molecule has 144 valence electrons. The first-order chi connectivity index (χ1) is 13.3. The highest BCUT2D eigenvalue weighted by molar-refractivity contribution is 5.80. The number of methoxy groups -OCH3 is 1. The molecule has 0 saturated carbocycles. The van der Waals surface area contributed by atoms with E-state index in [2.05, 4.69) is 0 Å². The molecule has 0 radical (unpaired) electrons. The molecule has 0 saturated heterocycles. The number of benzene rings is 2. The second-order valence-electron chi connectivity index (χ2n) is 7.07. The highest BCUT2D eigenvalue weighted by atomic mass is 16.6. The van der Waals surface area contributed by atoms with Crippen LogP contribution in [0.25, 0.3) is 5.57 Å². The first kappa shape index (κ1) is 19.4. The molecule has 6 heteroatoms. The Labute approximate surface area is 163 Å². The van der Waals surface area contributed by atoms with Gasteiger partial charge in [0.25, 0.3) is 5.69 Å². The van der Waals surface area contributed by atoms with E-state index >= 15 is 0 Å². The SMILES string of the molecule is COc1ccc(C2=CC=C(CC(N)=O)C(C)(c3cccc([N+](=O)[O-])c3)C2)cc1. The summed E-state index contributed by atoms with van der Waals surface area (Å²) in [5.41, 5.74) is 8.64. The zero-order valence-electron chi connectivity index (χ0n) is 15.8. The number of hydrogen-bond acceptors (Lipinski definition) is 4. The van der Waals surface area contributed by atoms with Gasteiger partial charge < -0.3 is 10.5 Å². The summed E-state index contributed by atoms with van der Waals surface area (Å²) in [5, 5.41) is 11.2. The lowest BCUT2D eigenvalue weighted by Gasteiger charge is -2.36. The number of nitro benzene ring substituents is 1. The van der Waals surface area contributed by atoms with E-state index in [0.717, 1.165) is 28.0 Å². The highest BCUT2D eigenvalue weighted by Gasteiger charge is 2.35. The van der Waals surface area contributed by atoms with E-state index in [0.29, 0.717) is 6.42 Å². The average Bonchev–Trinajstić information content (AvgIpc) is 2.69. The summed E-state index contributed by atoms with van der Waals surface area (Å²) in [6.07, 6.45) is 4.59. The number of amides is 1. The minimum absolute atomic E-state index is 0.0256. The molecule has 2 aromatic carbocycles. The minimum Gasteiger partial charge on any atom is -0.497 e. The Hall–Kier alpha value is -3.41. The topological polar surface area (TPSA) is 95.5 Å². The Balaban J connectivity index is 2.06. The van der Waals surface area contributed by atoms with Crippen LogP contribution in [0.1, 0.15) is 30.9 Å². The molecule has 1 amide bonds. The van der Waals surface area contributed by atoms with Crippen molar-refractivity contribution in [3.63, 3.8) is 0 Å². The molecule has 1 aliphatic rings. The van der Waals surface area contributed by atoms with Gasteiger partial charge in [-0.1, -0.05) is 48.9 Å². The summed E-state index contributed by atoms with van der Waals surface area (Å²) in [6.45, 7) is 2.00. The molecule has 1 atom stereocenters. The van der Waals surface area contributed by atoms with Crippen molar-refractivity contribution in [2.24, 2.45) is 5.73 Å². The first-order valence-electron chi connectivity index (χ1n) is 8.91. The molecule has 3 rings (SSSR count). The number of carbonyl (C=O) groups is 1. The number of ether oxygens (including phenoxy) is 1. The Bertz CT molecular complexity index is 976. The fourth-order valence-corrected chi connectivity index (χ4v) is 3.63. The molecule has 2 aromatic rings. The van der Waals surface area contributed by atoms with Crippen LogP contribution in [0, 0.1) is 10.1 Å². The minimum atomic E-state index is -0.578. The zero-order chi connectivity index (χ0) is 20.3. The zero-order valence-corrected chi connectivity index (χ0v) is 15.8. The van der Waals surface area contributed by atoms with Crippen molar-refractivity contribution >= 4 is 17.2 Å². The average molecular weight is 378 g/mol. The van der Waals surface area contributed by atoms with Crippen LogP contribution in [-0.2, 0) is 10.2 Å². The van der Waals surface area contributed by atoms with E-state index in [9.17, 15) is 14.9 Å². The van der Waals surface area contributed by atoms with E-state index in [-0.39, 0.29) is 12.1 Å². The summed E-state index contributed by atoms with van der Waals surface area (Å²) in [7, 11) is 1.62. The molecule has 0 bridgehead atoms. The summed E-state index contributed by atoms with van der Waals surface area (Å²) in [5.74, 6) is 0.343. The maximum Gasteiger partial charge on any atom is 0.269 e. The molecule has 6 nitrogen and oxygen atoms in total. The molecular weight excluding hydrogens is 356 g/mol. The lowest BCUT2D eigenvalue weighted by molar-refractivity contribution is -0.385. The standard InChI is InChI=1S/C22H22N2O4/c1-22(17-4-3-5-19(12-17)24(26)27)14-16(6-9-18(22)13-21(23)25)15-7-10-20(28-2)11-8-15/h3-12H,13-14H2,1-2H3,(H2,23,25). The van der Waals surface area contributed by atoms with Gasteiger partial charge in [-0.15, -0.1) is 0 Å². The molecule has 0 heterocycles. The largest absolute Gasteiger partial charge is 0.497 e. The van der Waals surface area contributed by atoms with Gasteiger partial charge in [-0.05, 0) is 35.3 Å². The Kier molecular flexibility index (Phi) is 5.31. The second-order valence-corrected chi connectivity index (χ2v) is 7.07. The third-order valence-corrected chi connectivity index (χ3v) is 5.26. The first-order valence-corrected chi connectivity index (χ1v) is 8.91. The summed E-state index contributed by atoms with van der Waals surface area (Å²) >= 11 is 0. The Morgan fingerprint density at radius 3 is 2.54 bits per heavy atom. The van der Waals surface area contributed by atoms with Crippen molar-refractivity contribution in [2.45, 2.75) is 25.2 Å². The number of rotatable bonds is 6. The van der Waals surface area contributed by atoms with Gasteiger partial charge in [0.05, 0.1) is 12.0 Å². The number of nitrogens with two attached hydrogens (primary N) is 1. The normalized spacial score (nSPS) is 18.8. The predicted octanol–water partition coefficient (Wildman–Crippen LogP) is 4.15. The fourth-order valence-electron chi connectivity index (χ4n) is 3.63. The van der Waals surface area contributed by atoms with Gasteiger partial charge in [-0.2, -0.15) is 0 Å². The van der Waals surface area contributed by atoms with Crippen LogP contribution in [0.15, 0.2) is 66.3 Å². The molecule has 0 aromatic heterocycles. The van der Waals surface area contributed by atoms with Gasteiger partial charge >= 0.3 is 0 Å². The molecule has 1 aliphatic carbocycles. The van der Waals surface area contributed by atoms with Crippen molar-refractivity contribution in [3.05, 3.63) is 87.5 Å². The number of nitro groups is 1. The van der Waals surface area contributed by atoms with E-state index in [1.807, 2.05) is 49.4 Å². The lowest BCUT2D eigenvalue weighted by Crippen LogP contribution is -2.30. The third-order valence-electron chi connectivity index (χ3n) is 5.26.